The number of aromatic nitrogens is 2. The standard InChI is InChI=1S/C13H20N4O3/c1-5-20-12(18)9-17(6-7-19-4)13-11(8-14)10(2)15-16(13)3/h5-7,9H2,1-4H3. The van der Waals surface area contributed by atoms with Crippen molar-refractivity contribution in [2.75, 3.05) is 38.3 Å². The SMILES string of the molecule is CCOC(=O)CN(CCOC)c1c(C#N)c(C)nn1C. The number of carbonyl (C=O) groups is 1. The van der Waals surface area contributed by atoms with E-state index in [0.717, 1.165) is 0 Å². The second-order valence-electron chi connectivity index (χ2n) is 4.24. The number of carbonyl (C=O) groups excluding carboxylic acids is 1. The number of esters is 1. The Kier molecular flexibility index (Phi) is 6.00. The van der Waals surface area contributed by atoms with E-state index in [2.05, 4.69) is 11.2 Å². The van der Waals surface area contributed by atoms with E-state index in [0.29, 0.717) is 36.8 Å². The average molecular weight is 280 g/mol. The Morgan fingerprint density at radius 2 is 2.25 bits per heavy atom. The van der Waals surface area contributed by atoms with Gasteiger partial charge in [0.2, 0.25) is 0 Å². The molecule has 0 atom stereocenters. The molecule has 7 heteroatoms. The molecule has 1 aromatic rings. The largest absolute Gasteiger partial charge is 0.465 e. The molecule has 0 aliphatic carbocycles. The molecule has 1 rings (SSSR count). The van der Waals surface area contributed by atoms with E-state index in [1.807, 2.05) is 0 Å². The Labute approximate surface area is 118 Å². The molecular weight excluding hydrogens is 260 g/mol. The Hall–Kier alpha value is -2.07. The summed E-state index contributed by atoms with van der Waals surface area (Å²) in [7, 11) is 3.33. The predicted octanol–water partition coefficient (Wildman–Crippen LogP) is 0.616. The molecule has 1 heterocycles. The van der Waals surface area contributed by atoms with Gasteiger partial charge in [-0.1, -0.05) is 0 Å². The molecule has 110 valence electrons. The van der Waals surface area contributed by atoms with Crippen LogP contribution in [-0.4, -0.2) is 49.2 Å². The van der Waals surface area contributed by atoms with E-state index in [-0.39, 0.29) is 12.5 Å². The fraction of sp³-hybridized carbons (Fsp3) is 0.615. The van der Waals surface area contributed by atoms with E-state index < -0.39 is 0 Å². The van der Waals surface area contributed by atoms with Gasteiger partial charge in [0.25, 0.3) is 0 Å². The normalized spacial score (nSPS) is 10.2. The summed E-state index contributed by atoms with van der Waals surface area (Å²) in [5.41, 5.74) is 1.10. The van der Waals surface area contributed by atoms with Gasteiger partial charge in [-0.25, -0.2) is 0 Å². The summed E-state index contributed by atoms with van der Waals surface area (Å²) in [5.74, 6) is 0.265. The van der Waals surface area contributed by atoms with Gasteiger partial charge in [0.15, 0.2) is 0 Å². The van der Waals surface area contributed by atoms with Crippen molar-refractivity contribution in [3.8, 4) is 6.07 Å². The van der Waals surface area contributed by atoms with Crippen LogP contribution in [0.4, 0.5) is 5.82 Å². The number of methoxy groups -OCH3 is 1. The summed E-state index contributed by atoms with van der Waals surface area (Å²) in [6.45, 7) is 4.82. The maximum Gasteiger partial charge on any atom is 0.325 e. The lowest BCUT2D eigenvalue weighted by Gasteiger charge is -2.23. The molecule has 0 saturated carbocycles. The highest BCUT2D eigenvalue weighted by Gasteiger charge is 2.21. The Morgan fingerprint density at radius 1 is 1.55 bits per heavy atom. The molecule has 0 amide bonds. The van der Waals surface area contributed by atoms with Crippen molar-refractivity contribution in [2.24, 2.45) is 7.05 Å². The van der Waals surface area contributed by atoms with Crippen molar-refractivity contribution in [2.45, 2.75) is 13.8 Å². The van der Waals surface area contributed by atoms with Crippen molar-refractivity contribution in [1.29, 1.82) is 5.26 Å². The van der Waals surface area contributed by atoms with E-state index in [1.165, 1.54) is 0 Å². The lowest BCUT2D eigenvalue weighted by Crippen LogP contribution is -2.35. The molecule has 0 spiro atoms. The first kappa shape index (κ1) is 16.0. The lowest BCUT2D eigenvalue weighted by atomic mass is 10.2. The minimum atomic E-state index is -0.341. The highest BCUT2D eigenvalue weighted by Crippen LogP contribution is 2.22. The monoisotopic (exact) mass is 280 g/mol. The minimum Gasteiger partial charge on any atom is -0.465 e. The van der Waals surface area contributed by atoms with Crippen LogP contribution in [0.5, 0.6) is 0 Å². The minimum absolute atomic E-state index is 0.0604. The number of nitrogens with zero attached hydrogens (tertiary/aromatic N) is 4. The van der Waals surface area contributed by atoms with Crippen molar-refractivity contribution in [3.05, 3.63) is 11.3 Å². The third-order valence-corrected chi connectivity index (χ3v) is 2.79. The van der Waals surface area contributed by atoms with Gasteiger partial charge in [-0.3, -0.25) is 9.48 Å². The number of hydrogen-bond donors (Lipinski definition) is 0. The molecule has 0 bridgehead atoms. The van der Waals surface area contributed by atoms with Gasteiger partial charge < -0.3 is 14.4 Å². The maximum atomic E-state index is 11.7. The van der Waals surface area contributed by atoms with Gasteiger partial charge in [0, 0.05) is 20.7 Å². The topological polar surface area (TPSA) is 80.4 Å². The summed E-state index contributed by atoms with van der Waals surface area (Å²) < 4.78 is 11.6. The van der Waals surface area contributed by atoms with Gasteiger partial charge in [-0.15, -0.1) is 0 Å². The van der Waals surface area contributed by atoms with Crippen molar-refractivity contribution < 1.29 is 14.3 Å². The Balaban J connectivity index is 3.04. The van der Waals surface area contributed by atoms with Crippen LogP contribution < -0.4 is 4.90 Å². The van der Waals surface area contributed by atoms with Crippen LogP contribution in [0.3, 0.4) is 0 Å². The van der Waals surface area contributed by atoms with Crippen molar-refractivity contribution >= 4 is 11.8 Å². The summed E-state index contributed by atoms with van der Waals surface area (Å²) in [5, 5.41) is 13.5. The number of aryl methyl sites for hydroxylation is 2. The molecule has 1 aromatic heterocycles. The summed E-state index contributed by atoms with van der Waals surface area (Å²) in [6, 6.07) is 2.13. The highest BCUT2D eigenvalue weighted by atomic mass is 16.5. The Morgan fingerprint density at radius 3 is 2.80 bits per heavy atom. The highest BCUT2D eigenvalue weighted by molar-refractivity contribution is 5.76. The van der Waals surface area contributed by atoms with Gasteiger partial charge >= 0.3 is 5.97 Å². The first-order valence-corrected chi connectivity index (χ1v) is 6.38. The van der Waals surface area contributed by atoms with Gasteiger partial charge in [0.1, 0.15) is 24.0 Å². The van der Waals surface area contributed by atoms with Crippen LogP contribution in [0.2, 0.25) is 0 Å². The van der Waals surface area contributed by atoms with Crippen molar-refractivity contribution in [3.63, 3.8) is 0 Å². The van der Waals surface area contributed by atoms with Gasteiger partial charge in [0.05, 0.1) is 18.9 Å². The smallest absolute Gasteiger partial charge is 0.325 e. The molecule has 0 saturated heterocycles. The Bertz CT molecular complexity index is 504. The number of rotatable bonds is 7. The molecule has 0 N–H and O–H groups in total. The molecule has 0 radical (unpaired) electrons. The van der Waals surface area contributed by atoms with Gasteiger partial charge in [-0.2, -0.15) is 10.4 Å². The number of hydrogen-bond acceptors (Lipinski definition) is 6. The third-order valence-electron chi connectivity index (χ3n) is 2.79. The maximum absolute atomic E-state index is 11.7. The molecule has 0 aliphatic rings. The van der Waals surface area contributed by atoms with Crippen LogP contribution in [0.15, 0.2) is 0 Å². The van der Waals surface area contributed by atoms with Crippen LogP contribution in [0.1, 0.15) is 18.2 Å². The predicted molar refractivity (Wildman–Crippen MR) is 73.4 cm³/mol. The zero-order chi connectivity index (χ0) is 15.1. The van der Waals surface area contributed by atoms with E-state index in [4.69, 9.17) is 9.47 Å². The van der Waals surface area contributed by atoms with E-state index in [1.54, 1.807) is 37.6 Å². The van der Waals surface area contributed by atoms with Crippen molar-refractivity contribution in [1.82, 2.24) is 9.78 Å². The molecule has 0 aliphatic heterocycles. The molecule has 20 heavy (non-hydrogen) atoms. The first-order chi connectivity index (χ1) is 9.54. The molecule has 0 aromatic carbocycles. The van der Waals surface area contributed by atoms with Crippen LogP contribution in [0, 0.1) is 18.3 Å². The van der Waals surface area contributed by atoms with Crippen LogP contribution in [0.25, 0.3) is 0 Å². The summed E-state index contributed by atoms with van der Waals surface area (Å²) in [6.07, 6.45) is 0. The van der Waals surface area contributed by atoms with Gasteiger partial charge in [-0.05, 0) is 13.8 Å². The zero-order valence-corrected chi connectivity index (χ0v) is 12.3. The summed E-state index contributed by atoms with van der Waals surface area (Å²) in [4.78, 5) is 13.4. The summed E-state index contributed by atoms with van der Waals surface area (Å²) >= 11 is 0. The fourth-order valence-corrected chi connectivity index (χ4v) is 1.96. The van der Waals surface area contributed by atoms with E-state index >= 15 is 0 Å². The molecule has 7 nitrogen and oxygen atoms in total. The molecular formula is C13H20N4O3. The number of anilines is 1. The molecule has 0 unspecified atom stereocenters. The van der Waals surface area contributed by atoms with Crippen LogP contribution >= 0.6 is 0 Å². The zero-order valence-electron chi connectivity index (χ0n) is 12.3. The van der Waals surface area contributed by atoms with Crippen LogP contribution in [-0.2, 0) is 21.3 Å². The fourth-order valence-electron chi connectivity index (χ4n) is 1.96. The third kappa shape index (κ3) is 3.71. The second-order valence-corrected chi connectivity index (χ2v) is 4.24. The molecule has 0 fully saturated rings. The number of nitriles is 1. The quantitative estimate of drug-likeness (QED) is 0.681. The first-order valence-electron chi connectivity index (χ1n) is 6.38. The number of ether oxygens (including phenoxy) is 2. The second kappa shape index (κ2) is 7.50. The van der Waals surface area contributed by atoms with E-state index in [9.17, 15) is 10.1 Å². The average Bonchev–Trinajstić information content (AvgIpc) is 2.68. The lowest BCUT2D eigenvalue weighted by molar-refractivity contribution is -0.141.